The monoisotopic (exact) mass is 343 g/mol. The molecule has 0 aliphatic carbocycles. The van der Waals surface area contributed by atoms with E-state index in [0.717, 1.165) is 26.8 Å². The maximum Gasteiger partial charge on any atom is 0.100 e. The van der Waals surface area contributed by atoms with Crippen LogP contribution in [0, 0.1) is 13.8 Å². The maximum atomic E-state index is 5.96. The van der Waals surface area contributed by atoms with E-state index < -0.39 is 0 Å². The Morgan fingerprint density at radius 1 is 1.14 bits per heavy atom. The quantitative estimate of drug-likeness (QED) is 0.748. The molecular weight excluding hydrogens is 326 g/mol. The molecule has 0 bridgehead atoms. The smallest absolute Gasteiger partial charge is 0.100 e. The Morgan fingerprint density at radius 2 is 1.86 bits per heavy atom. The first-order valence-corrected chi connectivity index (χ1v) is 7.76. The lowest BCUT2D eigenvalue weighted by Gasteiger charge is -2.12. The predicted octanol–water partition coefficient (Wildman–Crippen LogP) is 4.42. The highest BCUT2D eigenvalue weighted by molar-refractivity contribution is 9.10. The zero-order chi connectivity index (χ0) is 15.1. The summed E-state index contributed by atoms with van der Waals surface area (Å²) < 4.78 is 3.14. The molecule has 0 fully saturated rings. The number of nitrogens with zero attached hydrogens (tertiary/aromatic N) is 2. The largest absolute Gasteiger partial charge is 0.324 e. The van der Waals surface area contributed by atoms with Crippen molar-refractivity contribution in [2.45, 2.75) is 26.8 Å². The van der Waals surface area contributed by atoms with Crippen LogP contribution in [0.3, 0.4) is 0 Å². The number of halogens is 1. The van der Waals surface area contributed by atoms with Crippen LogP contribution in [0.4, 0.5) is 0 Å². The molecule has 0 amide bonds. The zero-order valence-electron chi connectivity index (χ0n) is 12.4. The highest BCUT2D eigenvalue weighted by Crippen LogP contribution is 2.27. The molecule has 3 rings (SSSR count). The summed E-state index contributed by atoms with van der Waals surface area (Å²) in [6, 6.07) is 10.6. The van der Waals surface area contributed by atoms with Crippen LogP contribution in [0.2, 0.25) is 0 Å². The van der Waals surface area contributed by atoms with Gasteiger partial charge in [0.2, 0.25) is 0 Å². The van der Waals surface area contributed by atoms with Crippen molar-refractivity contribution in [3.8, 4) is 5.69 Å². The van der Waals surface area contributed by atoms with Gasteiger partial charge in [0.25, 0.3) is 0 Å². The lowest BCUT2D eigenvalue weighted by molar-refractivity contribution is 0.812. The summed E-state index contributed by atoms with van der Waals surface area (Å²) in [4.78, 5) is 4.51. The Kier molecular flexibility index (Phi) is 3.59. The van der Waals surface area contributed by atoms with Gasteiger partial charge < -0.3 is 5.73 Å². The SMILES string of the molecule is Cc1cc2ncn(-c3ccc(C(C)N)c(Br)c3)c2cc1C. The molecule has 0 saturated heterocycles. The van der Waals surface area contributed by atoms with Crippen LogP contribution in [0.15, 0.2) is 41.1 Å². The minimum absolute atomic E-state index is 0.0119. The van der Waals surface area contributed by atoms with Gasteiger partial charge in [0.15, 0.2) is 0 Å². The summed E-state index contributed by atoms with van der Waals surface area (Å²) in [6.45, 7) is 6.22. The molecule has 21 heavy (non-hydrogen) atoms. The van der Waals surface area contributed by atoms with Crippen molar-refractivity contribution in [1.82, 2.24) is 9.55 Å². The summed E-state index contributed by atoms with van der Waals surface area (Å²) in [5.74, 6) is 0. The van der Waals surface area contributed by atoms with Gasteiger partial charge >= 0.3 is 0 Å². The van der Waals surface area contributed by atoms with Crippen molar-refractivity contribution in [1.29, 1.82) is 0 Å². The molecule has 2 aromatic carbocycles. The first kappa shape index (κ1) is 14.3. The van der Waals surface area contributed by atoms with Crippen LogP contribution in [-0.4, -0.2) is 9.55 Å². The third-order valence-electron chi connectivity index (χ3n) is 3.92. The molecule has 1 heterocycles. The number of aryl methyl sites for hydroxylation is 2. The Morgan fingerprint density at radius 3 is 2.52 bits per heavy atom. The topological polar surface area (TPSA) is 43.8 Å². The van der Waals surface area contributed by atoms with E-state index in [1.54, 1.807) is 0 Å². The van der Waals surface area contributed by atoms with Crippen molar-refractivity contribution >= 4 is 27.0 Å². The molecule has 0 radical (unpaired) electrons. The average molecular weight is 344 g/mol. The molecule has 0 aliphatic rings. The van der Waals surface area contributed by atoms with Crippen LogP contribution in [0.1, 0.15) is 29.7 Å². The van der Waals surface area contributed by atoms with E-state index in [2.05, 4.69) is 69.7 Å². The lowest BCUT2D eigenvalue weighted by atomic mass is 10.1. The zero-order valence-corrected chi connectivity index (χ0v) is 14.0. The van der Waals surface area contributed by atoms with Gasteiger partial charge in [0.05, 0.1) is 11.0 Å². The predicted molar refractivity (Wildman–Crippen MR) is 90.8 cm³/mol. The summed E-state index contributed by atoms with van der Waals surface area (Å²) in [5, 5.41) is 0. The van der Waals surface area contributed by atoms with E-state index in [-0.39, 0.29) is 6.04 Å². The van der Waals surface area contributed by atoms with E-state index in [1.807, 2.05) is 13.3 Å². The molecule has 3 aromatic rings. The number of imidazole rings is 1. The van der Waals surface area contributed by atoms with Gasteiger partial charge in [-0.05, 0) is 61.7 Å². The fourth-order valence-corrected chi connectivity index (χ4v) is 3.23. The van der Waals surface area contributed by atoms with Crippen LogP contribution in [0.5, 0.6) is 0 Å². The highest BCUT2D eigenvalue weighted by atomic mass is 79.9. The number of nitrogens with two attached hydrogens (primary N) is 1. The molecule has 4 heteroatoms. The Balaban J connectivity index is 2.17. The summed E-state index contributed by atoms with van der Waals surface area (Å²) in [7, 11) is 0. The van der Waals surface area contributed by atoms with Gasteiger partial charge in [0.1, 0.15) is 6.33 Å². The van der Waals surface area contributed by atoms with Crippen LogP contribution in [0.25, 0.3) is 16.7 Å². The van der Waals surface area contributed by atoms with Gasteiger partial charge in [-0.25, -0.2) is 4.98 Å². The van der Waals surface area contributed by atoms with Crippen molar-refractivity contribution in [2.75, 3.05) is 0 Å². The van der Waals surface area contributed by atoms with E-state index >= 15 is 0 Å². The Hall–Kier alpha value is -1.65. The van der Waals surface area contributed by atoms with Gasteiger partial charge in [-0.3, -0.25) is 4.57 Å². The fraction of sp³-hybridized carbons (Fsp3) is 0.235. The van der Waals surface area contributed by atoms with Crippen LogP contribution >= 0.6 is 15.9 Å². The summed E-state index contributed by atoms with van der Waals surface area (Å²) in [6.07, 6.45) is 1.87. The van der Waals surface area contributed by atoms with Crippen molar-refractivity contribution in [2.24, 2.45) is 5.73 Å². The Labute approximate surface area is 132 Å². The number of hydrogen-bond donors (Lipinski definition) is 1. The molecule has 3 nitrogen and oxygen atoms in total. The van der Waals surface area contributed by atoms with Gasteiger partial charge in [-0.2, -0.15) is 0 Å². The third kappa shape index (κ3) is 2.49. The van der Waals surface area contributed by atoms with Gasteiger partial charge in [0, 0.05) is 16.2 Å². The van der Waals surface area contributed by atoms with E-state index in [0.29, 0.717) is 0 Å². The molecule has 108 valence electrons. The first-order valence-electron chi connectivity index (χ1n) is 6.97. The van der Waals surface area contributed by atoms with Crippen molar-refractivity contribution in [3.63, 3.8) is 0 Å². The average Bonchev–Trinajstić information content (AvgIpc) is 2.81. The Bertz CT molecular complexity index is 818. The molecule has 2 N–H and O–H groups in total. The molecule has 0 spiro atoms. The van der Waals surface area contributed by atoms with Gasteiger partial charge in [-0.15, -0.1) is 0 Å². The molecule has 1 atom stereocenters. The van der Waals surface area contributed by atoms with E-state index in [9.17, 15) is 0 Å². The van der Waals surface area contributed by atoms with Gasteiger partial charge in [-0.1, -0.05) is 22.0 Å². The molecule has 1 unspecified atom stereocenters. The summed E-state index contributed by atoms with van der Waals surface area (Å²) >= 11 is 3.61. The molecular formula is C17H18BrN3. The van der Waals surface area contributed by atoms with Crippen LogP contribution in [-0.2, 0) is 0 Å². The fourth-order valence-electron chi connectivity index (χ4n) is 2.51. The highest BCUT2D eigenvalue weighted by Gasteiger charge is 2.10. The standard InChI is InChI=1S/C17H18BrN3/c1-10-6-16-17(7-11(10)2)21(9-20-16)13-4-5-14(12(3)19)15(18)8-13/h4-9,12H,19H2,1-3H3. The van der Waals surface area contributed by atoms with Crippen LogP contribution < -0.4 is 5.73 Å². The second-order valence-electron chi connectivity index (χ2n) is 5.53. The second kappa shape index (κ2) is 5.28. The first-order chi connectivity index (χ1) is 9.97. The lowest BCUT2D eigenvalue weighted by Crippen LogP contribution is -2.06. The third-order valence-corrected chi connectivity index (χ3v) is 4.60. The van der Waals surface area contributed by atoms with E-state index in [1.165, 1.54) is 11.1 Å². The molecule has 0 saturated carbocycles. The normalized spacial score (nSPS) is 12.8. The van der Waals surface area contributed by atoms with E-state index in [4.69, 9.17) is 5.73 Å². The minimum Gasteiger partial charge on any atom is -0.324 e. The van der Waals surface area contributed by atoms with Crippen molar-refractivity contribution < 1.29 is 0 Å². The number of fused-ring (bicyclic) bond motifs is 1. The second-order valence-corrected chi connectivity index (χ2v) is 6.39. The summed E-state index contributed by atoms with van der Waals surface area (Å²) in [5.41, 5.74) is 12.8. The van der Waals surface area contributed by atoms with Crippen molar-refractivity contribution in [3.05, 3.63) is 57.8 Å². The molecule has 0 aliphatic heterocycles. The number of hydrogen-bond acceptors (Lipinski definition) is 2. The maximum absolute atomic E-state index is 5.96. The number of benzene rings is 2. The molecule has 1 aromatic heterocycles. The minimum atomic E-state index is 0.0119. The number of aromatic nitrogens is 2. The number of rotatable bonds is 2.